The summed E-state index contributed by atoms with van der Waals surface area (Å²) >= 11 is 0. The Hall–Kier alpha value is -1.60. The highest BCUT2D eigenvalue weighted by atomic mass is 35.5. The number of aromatic nitrogens is 2. The lowest BCUT2D eigenvalue weighted by Gasteiger charge is -2.22. The van der Waals surface area contributed by atoms with Crippen molar-refractivity contribution in [3.8, 4) is 0 Å². The van der Waals surface area contributed by atoms with E-state index < -0.39 is 0 Å². The molecule has 1 aromatic rings. The molecule has 2 heterocycles. The van der Waals surface area contributed by atoms with Gasteiger partial charge >= 0.3 is 0 Å². The van der Waals surface area contributed by atoms with Crippen molar-refractivity contribution in [2.24, 2.45) is 5.92 Å². The van der Waals surface area contributed by atoms with Gasteiger partial charge in [-0.2, -0.15) is 5.10 Å². The van der Waals surface area contributed by atoms with Crippen LogP contribution in [-0.2, 0) is 4.79 Å². The van der Waals surface area contributed by atoms with Crippen LogP contribution in [0.5, 0.6) is 0 Å². The number of piperidine rings is 1. The van der Waals surface area contributed by atoms with E-state index in [0.29, 0.717) is 31.2 Å². The van der Waals surface area contributed by atoms with Crippen molar-refractivity contribution in [2.75, 3.05) is 26.2 Å². The highest BCUT2D eigenvalue weighted by Crippen LogP contribution is 2.15. The number of rotatable bonds is 7. The molecule has 2 amide bonds. The smallest absolute Gasteiger partial charge is 0.271 e. The molecule has 8 heteroatoms. The minimum Gasteiger partial charge on any atom is -0.356 e. The molecule has 1 fully saturated rings. The molecule has 0 bridgehead atoms. The molecule has 0 spiro atoms. The summed E-state index contributed by atoms with van der Waals surface area (Å²) in [6.07, 6.45) is 4.80. The summed E-state index contributed by atoms with van der Waals surface area (Å²) in [5, 5.41) is 13.4. The number of amides is 2. The first-order valence-corrected chi connectivity index (χ1v) is 8.39. The summed E-state index contributed by atoms with van der Waals surface area (Å²) in [7, 11) is 0. The van der Waals surface area contributed by atoms with E-state index in [1.54, 1.807) is 6.07 Å². The fourth-order valence-electron chi connectivity index (χ4n) is 2.52. The van der Waals surface area contributed by atoms with Gasteiger partial charge in [0.05, 0.1) is 6.04 Å². The zero-order valence-corrected chi connectivity index (χ0v) is 15.2. The van der Waals surface area contributed by atoms with E-state index in [1.165, 1.54) is 0 Å². The molecule has 0 aliphatic carbocycles. The number of carbonyl (C=O) groups is 2. The number of halogens is 1. The fourth-order valence-corrected chi connectivity index (χ4v) is 2.52. The van der Waals surface area contributed by atoms with E-state index in [9.17, 15) is 9.59 Å². The van der Waals surface area contributed by atoms with Crippen molar-refractivity contribution in [3.05, 3.63) is 18.0 Å². The molecule has 3 N–H and O–H groups in total. The summed E-state index contributed by atoms with van der Waals surface area (Å²) in [6, 6.07) is 2.08. The maximum atomic E-state index is 12.1. The van der Waals surface area contributed by atoms with Crippen LogP contribution in [0.15, 0.2) is 12.3 Å². The highest BCUT2D eigenvalue weighted by Gasteiger charge is 2.17. The van der Waals surface area contributed by atoms with Gasteiger partial charge in [-0.25, -0.2) is 0 Å². The normalized spacial score (nSPS) is 17.2. The number of hydrogen-bond donors (Lipinski definition) is 3. The quantitative estimate of drug-likeness (QED) is 0.638. The van der Waals surface area contributed by atoms with Gasteiger partial charge in [0.2, 0.25) is 5.91 Å². The van der Waals surface area contributed by atoms with E-state index in [2.05, 4.69) is 21.0 Å². The van der Waals surface area contributed by atoms with Crippen LogP contribution >= 0.6 is 12.4 Å². The van der Waals surface area contributed by atoms with Crippen molar-refractivity contribution in [1.29, 1.82) is 0 Å². The second-order valence-corrected chi connectivity index (χ2v) is 6.24. The average molecular weight is 358 g/mol. The molecule has 1 aliphatic heterocycles. The van der Waals surface area contributed by atoms with Crippen LogP contribution in [-0.4, -0.2) is 47.8 Å². The van der Waals surface area contributed by atoms with Gasteiger partial charge in [0.25, 0.3) is 5.91 Å². The summed E-state index contributed by atoms with van der Waals surface area (Å²) in [4.78, 5) is 23.5. The Bertz CT molecular complexity index is 526. The lowest BCUT2D eigenvalue weighted by molar-refractivity contribution is -0.123. The van der Waals surface area contributed by atoms with Gasteiger partial charge in [0.1, 0.15) is 5.69 Å². The van der Waals surface area contributed by atoms with Gasteiger partial charge in [-0.15, -0.1) is 12.4 Å². The molecule has 0 saturated carbocycles. The lowest BCUT2D eigenvalue weighted by Crippen LogP contribution is -2.33. The number of carbonyl (C=O) groups excluding carboxylic acids is 2. The molecule has 7 nitrogen and oxygen atoms in total. The summed E-state index contributed by atoms with van der Waals surface area (Å²) in [5.41, 5.74) is 0.446. The SMILES string of the molecule is CC(C)C(=O)NCCCNC(=O)c1ccn(C2CCCNC2)n1.Cl. The molecule has 0 aromatic carbocycles. The van der Waals surface area contributed by atoms with Crippen LogP contribution in [0, 0.1) is 5.92 Å². The lowest BCUT2D eigenvalue weighted by atomic mass is 10.1. The molecule has 0 radical (unpaired) electrons. The number of hydrogen-bond acceptors (Lipinski definition) is 4. The maximum absolute atomic E-state index is 12.1. The Morgan fingerprint density at radius 1 is 1.38 bits per heavy atom. The molecule has 136 valence electrons. The van der Waals surface area contributed by atoms with Crippen LogP contribution in [0.3, 0.4) is 0 Å². The molecular formula is C16H28ClN5O2. The predicted octanol–water partition coefficient (Wildman–Crippen LogP) is 1.12. The van der Waals surface area contributed by atoms with Crippen LogP contribution in [0.1, 0.15) is 49.6 Å². The van der Waals surface area contributed by atoms with Gasteiger partial charge in [-0.05, 0) is 31.9 Å². The third-order valence-corrected chi connectivity index (χ3v) is 3.95. The first-order chi connectivity index (χ1) is 11.1. The van der Waals surface area contributed by atoms with Crippen molar-refractivity contribution >= 4 is 24.2 Å². The molecule has 1 saturated heterocycles. The summed E-state index contributed by atoms with van der Waals surface area (Å²) < 4.78 is 1.88. The first kappa shape index (κ1) is 20.4. The van der Waals surface area contributed by atoms with Gasteiger partial charge in [-0.3, -0.25) is 14.3 Å². The van der Waals surface area contributed by atoms with Crippen molar-refractivity contribution in [1.82, 2.24) is 25.7 Å². The topological polar surface area (TPSA) is 88.0 Å². The monoisotopic (exact) mass is 357 g/mol. The van der Waals surface area contributed by atoms with Crippen molar-refractivity contribution < 1.29 is 9.59 Å². The third kappa shape index (κ3) is 6.13. The maximum Gasteiger partial charge on any atom is 0.271 e. The van der Waals surface area contributed by atoms with Gasteiger partial charge < -0.3 is 16.0 Å². The predicted molar refractivity (Wildman–Crippen MR) is 95.4 cm³/mol. The highest BCUT2D eigenvalue weighted by molar-refractivity contribution is 5.92. The number of nitrogens with one attached hydrogen (secondary N) is 3. The zero-order chi connectivity index (χ0) is 16.7. The minimum absolute atomic E-state index is 0. The van der Waals surface area contributed by atoms with Gasteiger partial charge in [-0.1, -0.05) is 13.8 Å². The standard InChI is InChI=1S/C16H27N5O2.ClH/c1-12(2)15(22)18-8-4-9-19-16(23)14-6-10-21(20-14)13-5-3-7-17-11-13;/h6,10,12-13,17H,3-5,7-9,11H2,1-2H3,(H,18,22)(H,19,23);1H. The van der Waals surface area contributed by atoms with Crippen LogP contribution in [0.2, 0.25) is 0 Å². The average Bonchev–Trinajstić information content (AvgIpc) is 3.05. The van der Waals surface area contributed by atoms with Crippen molar-refractivity contribution in [3.63, 3.8) is 0 Å². The summed E-state index contributed by atoms with van der Waals surface area (Å²) in [5.74, 6) is -0.137. The zero-order valence-electron chi connectivity index (χ0n) is 14.4. The van der Waals surface area contributed by atoms with E-state index in [4.69, 9.17) is 0 Å². The second-order valence-electron chi connectivity index (χ2n) is 6.24. The van der Waals surface area contributed by atoms with Gasteiger partial charge in [0.15, 0.2) is 0 Å². The molecule has 24 heavy (non-hydrogen) atoms. The molecule has 1 aromatic heterocycles. The Balaban J connectivity index is 0.00000288. The molecule has 2 rings (SSSR count). The van der Waals surface area contributed by atoms with Crippen LogP contribution in [0.25, 0.3) is 0 Å². The first-order valence-electron chi connectivity index (χ1n) is 8.39. The van der Waals surface area contributed by atoms with E-state index in [-0.39, 0.29) is 30.1 Å². The Morgan fingerprint density at radius 3 is 2.79 bits per heavy atom. The fraction of sp³-hybridized carbons (Fsp3) is 0.688. The van der Waals surface area contributed by atoms with E-state index in [1.807, 2.05) is 24.7 Å². The largest absolute Gasteiger partial charge is 0.356 e. The van der Waals surface area contributed by atoms with Crippen LogP contribution in [0.4, 0.5) is 0 Å². The molecular weight excluding hydrogens is 330 g/mol. The molecule has 1 unspecified atom stereocenters. The van der Waals surface area contributed by atoms with Crippen LogP contribution < -0.4 is 16.0 Å². The minimum atomic E-state index is -0.164. The Kier molecular flexibility index (Phi) is 8.78. The molecule has 1 atom stereocenters. The third-order valence-electron chi connectivity index (χ3n) is 3.95. The Morgan fingerprint density at radius 2 is 2.12 bits per heavy atom. The summed E-state index contributed by atoms with van der Waals surface area (Å²) in [6.45, 7) is 6.76. The van der Waals surface area contributed by atoms with Gasteiger partial charge in [0, 0.05) is 31.7 Å². The Labute approximate surface area is 149 Å². The van der Waals surface area contributed by atoms with Crippen molar-refractivity contribution in [2.45, 2.75) is 39.2 Å². The number of nitrogens with zero attached hydrogens (tertiary/aromatic N) is 2. The molecule has 1 aliphatic rings. The second kappa shape index (κ2) is 10.3. The van der Waals surface area contributed by atoms with E-state index in [0.717, 1.165) is 25.9 Å². The van der Waals surface area contributed by atoms with E-state index >= 15 is 0 Å².